The molecule has 0 aromatic heterocycles. The van der Waals surface area contributed by atoms with Gasteiger partial charge < -0.3 is 14.8 Å². The third-order valence-corrected chi connectivity index (χ3v) is 5.24. The molecule has 0 unspecified atom stereocenters. The summed E-state index contributed by atoms with van der Waals surface area (Å²) in [5.41, 5.74) is 2.15. The minimum atomic E-state index is -0.185. The monoisotopic (exact) mass is 398 g/mol. The van der Waals surface area contributed by atoms with E-state index in [2.05, 4.69) is 5.32 Å². The highest BCUT2D eigenvalue weighted by Crippen LogP contribution is 2.38. The molecule has 0 saturated carbocycles. The summed E-state index contributed by atoms with van der Waals surface area (Å²) < 4.78 is 11.1. The third-order valence-electron chi connectivity index (χ3n) is 3.93. The molecule has 8 heteroatoms. The fourth-order valence-electron chi connectivity index (χ4n) is 2.74. The largest absolute Gasteiger partial charge is 0.454 e. The van der Waals surface area contributed by atoms with Crippen LogP contribution >= 0.6 is 24.0 Å². The first-order valence-electron chi connectivity index (χ1n) is 8.06. The fourth-order valence-corrected chi connectivity index (χ4v) is 4.04. The number of fused-ring (bicyclic) bond motifs is 1. The van der Waals surface area contributed by atoms with Crippen LogP contribution < -0.4 is 19.7 Å². The summed E-state index contributed by atoms with van der Waals surface area (Å²) in [6.45, 7) is 1.65. The Labute approximate surface area is 165 Å². The molecule has 2 aromatic carbocycles. The van der Waals surface area contributed by atoms with Crippen molar-refractivity contribution in [2.45, 2.75) is 6.92 Å². The van der Waals surface area contributed by atoms with Gasteiger partial charge in [0, 0.05) is 12.6 Å². The number of anilines is 2. The molecule has 0 aliphatic carbocycles. The lowest BCUT2D eigenvalue weighted by atomic mass is 10.2. The quantitative estimate of drug-likeness (QED) is 0.627. The number of nitrogens with one attached hydrogen (secondary N) is 1. The van der Waals surface area contributed by atoms with E-state index in [0.29, 0.717) is 32.1 Å². The molecule has 1 N–H and O–H groups in total. The standard InChI is InChI=1S/C19H14N2O4S2/c1-11(22)20-13-3-5-14(6-4-13)21-18(23)17(27-19(21)26)9-12-2-7-15-16(8-12)25-10-24-15/h2-9H,10H2,1H3,(H,20,22)/b17-9+. The summed E-state index contributed by atoms with van der Waals surface area (Å²) in [5, 5.41) is 2.69. The third kappa shape index (κ3) is 3.54. The van der Waals surface area contributed by atoms with Crippen molar-refractivity contribution in [3.8, 4) is 11.5 Å². The number of hydrogen-bond donors (Lipinski definition) is 1. The Morgan fingerprint density at radius 1 is 1.19 bits per heavy atom. The van der Waals surface area contributed by atoms with E-state index >= 15 is 0 Å². The van der Waals surface area contributed by atoms with Crippen molar-refractivity contribution in [2.24, 2.45) is 0 Å². The van der Waals surface area contributed by atoms with Gasteiger partial charge in [0.25, 0.3) is 5.91 Å². The van der Waals surface area contributed by atoms with Crippen LogP contribution in [0.15, 0.2) is 47.4 Å². The molecule has 2 amide bonds. The molecule has 2 aromatic rings. The van der Waals surface area contributed by atoms with E-state index in [1.165, 1.54) is 23.6 Å². The van der Waals surface area contributed by atoms with E-state index in [9.17, 15) is 9.59 Å². The first-order valence-corrected chi connectivity index (χ1v) is 9.29. The second kappa shape index (κ2) is 7.05. The van der Waals surface area contributed by atoms with E-state index < -0.39 is 0 Å². The predicted molar refractivity (Wildman–Crippen MR) is 109 cm³/mol. The molecule has 1 fully saturated rings. The normalized spacial score (nSPS) is 16.9. The summed E-state index contributed by atoms with van der Waals surface area (Å²) in [5.74, 6) is 1.02. The lowest BCUT2D eigenvalue weighted by molar-refractivity contribution is -0.114. The summed E-state index contributed by atoms with van der Waals surface area (Å²) in [4.78, 5) is 26.0. The Balaban J connectivity index is 1.57. The molecule has 4 rings (SSSR count). The SMILES string of the molecule is CC(=O)Nc1ccc(N2C(=O)/C(=C\c3ccc4c(c3)OCO4)SC2=S)cc1. The van der Waals surface area contributed by atoms with Gasteiger partial charge in [-0.1, -0.05) is 30.0 Å². The van der Waals surface area contributed by atoms with Gasteiger partial charge >= 0.3 is 0 Å². The Bertz CT molecular complexity index is 986. The first-order chi connectivity index (χ1) is 13.0. The van der Waals surface area contributed by atoms with E-state index in [1.54, 1.807) is 30.3 Å². The second-order valence-corrected chi connectivity index (χ2v) is 7.53. The molecule has 0 spiro atoms. The minimum absolute atomic E-state index is 0.153. The summed E-state index contributed by atoms with van der Waals surface area (Å²) in [6, 6.07) is 12.5. The molecule has 2 aliphatic rings. The number of rotatable bonds is 3. The van der Waals surface area contributed by atoms with Crippen LogP contribution in [-0.2, 0) is 9.59 Å². The fraction of sp³-hybridized carbons (Fsp3) is 0.105. The van der Waals surface area contributed by atoms with Gasteiger partial charge in [0.1, 0.15) is 0 Å². The molecule has 27 heavy (non-hydrogen) atoms. The van der Waals surface area contributed by atoms with Crippen molar-refractivity contribution in [3.63, 3.8) is 0 Å². The van der Waals surface area contributed by atoms with Crippen molar-refractivity contribution in [2.75, 3.05) is 17.0 Å². The van der Waals surface area contributed by atoms with Gasteiger partial charge in [-0.15, -0.1) is 0 Å². The zero-order valence-corrected chi connectivity index (χ0v) is 15.9. The maximum absolute atomic E-state index is 12.8. The van der Waals surface area contributed by atoms with E-state index in [0.717, 1.165) is 5.56 Å². The molecule has 0 radical (unpaired) electrons. The van der Waals surface area contributed by atoms with Gasteiger partial charge in [0.05, 0.1) is 10.6 Å². The molecular formula is C19H14N2O4S2. The zero-order chi connectivity index (χ0) is 19.0. The topological polar surface area (TPSA) is 67.9 Å². The Morgan fingerprint density at radius 2 is 1.93 bits per heavy atom. The van der Waals surface area contributed by atoms with E-state index in [1.807, 2.05) is 18.2 Å². The molecule has 2 heterocycles. The molecule has 6 nitrogen and oxygen atoms in total. The second-order valence-electron chi connectivity index (χ2n) is 5.86. The molecular weight excluding hydrogens is 384 g/mol. The van der Waals surface area contributed by atoms with Crippen molar-refractivity contribution >= 4 is 57.6 Å². The number of amides is 2. The maximum Gasteiger partial charge on any atom is 0.270 e. The van der Waals surface area contributed by atoms with E-state index in [4.69, 9.17) is 21.7 Å². The number of thioether (sulfide) groups is 1. The molecule has 0 atom stereocenters. The van der Waals surface area contributed by atoms with Gasteiger partial charge in [-0.25, -0.2) is 0 Å². The zero-order valence-electron chi connectivity index (χ0n) is 14.2. The number of nitrogens with zero attached hydrogens (tertiary/aromatic N) is 1. The Morgan fingerprint density at radius 3 is 2.67 bits per heavy atom. The predicted octanol–water partition coefficient (Wildman–Crippen LogP) is 3.78. The first kappa shape index (κ1) is 17.6. The number of benzene rings is 2. The highest BCUT2D eigenvalue weighted by atomic mass is 32.2. The number of carbonyl (C=O) groups is 2. The Kier molecular flexibility index (Phi) is 4.59. The summed E-state index contributed by atoms with van der Waals surface area (Å²) >= 11 is 6.63. The van der Waals surface area contributed by atoms with E-state index in [-0.39, 0.29) is 18.6 Å². The van der Waals surface area contributed by atoms with Crippen LogP contribution in [0, 0.1) is 0 Å². The van der Waals surface area contributed by atoms with Crippen molar-refractivity contribution < 1.29 is 19.1 Å². The average Bonchev–Trinajstić information content (AvgIpc) is 3.20. The van der Waals surface area contributed by atoms with Crippen LogP contribution in [0.25, 0.3) is 6.08 Å². The summed E-state index contributed by atoms with van der Waals surface area (Å²) in [6.07, 6.45) is 1.78. The van der Waals surface area contributed by atoms with Crippen LogP contribution in [0.2, 0.25) is 0 Å². The Hall–Kier alpha value is -2.84. The lowest BCUT2D eigenvalue weighted by Crippen LogP contribution is -2.27. The molecule has 2 aliphatic heterocycles. The smallest absolute Gasteiger partial charge is 0.270 e. The molecule has 136 valence electrons. The highest BCUT2D eigenvalue weighted by Gasteiger charge is 2.33. The minimum Gasteiger partial charge on any atom is -0.454 e. The van der Waals surface area contributed by atoms with Crippen molar-refractivity contribution in [3.05, 3.63) is 52.9 Å². The van der Waals surface area contributed by atoms with Gasteiger partial charge in [-0.2, -0.15) is 0 Å². The van der Waals surface area contributed by atoms with Crippen LogP contribution in [0.5, 0.6) is 11.5 Å². The van der Waals surface area contributed by atoms with Gasteiger partial charge in [-0.3, -0.25) is 14.5 Å². The van der Waals surface area contributed by atoms with Gasteiger partial charge in [0.2, 0.25) is 12.7 Å². The number of hydrogen-bond acceptors (Lipinski definition) is 6. The number of ether oxygens (including phenoxy) is 2. The number of carbonyl (C=O) groups excluding carboxylic acids is 2. The van der Waals surface area contributed by atoms with Crippen molar-refractivity contribution in [1.82, 2.24) is 0 Å². The van der Waals surface area contributed by atoms with Crippen molar-refractivity contribution in [1.29, 1.82) is 0 Å². The van der Waals surface area contributed by atoms with Gasteiger partial charge in [-0.05, 0) is 48.0 Å². The average molecular weight is 398 g/mol. The number of thiocarbonyl (C=S) groups is 1. The molecule has 1 saturated heterocycles. The maximum atomic E-state index is 12.8. The lowest BCUT2D eigenvalue weighted by Gasteiger charge is -2.15. The highest BCUT2D eigenvalue weighted by molar-refractivity contribution is 8.27. The van der Waals surface area contributed by atoms with Crippen LogP contribution in [0.3, 0.4) is 0 Å². The molecule has 0 bridgehead atoms. The van der Waals surface area contributed by atoms with Gasteiger partial charge in [0.15, 0.2) is 15.8 Å². The van der Waals surface area contributed by atoms with Crippen LogP contribution in [0.4, 0.5) is 11.4 Å². The van der Waals surface area contributed by atoms with Crippen LogP contribution in [0.1, 0.15) is 12.5 Å². The van der Waals surface area contributed by atoms with Crippen LogP contribution in [-0.4, -0.2) is 22.9 Å². The summed E-state index contributed by atoms with van der Waals surface area (Å²) in [7, 11) is 0.